The standard InChI is InChI=1S/C16H28O7/c1-7(2)9-5-4-8(3)6-10(9)22-16-13(19)11(17)12(18)14(23-16)15(20)21/h7-14,16-19H,4-6H2,1-3H3,(H,20,21)/t8-,9+,10-,11-,12-,13+,14-,16+/m0/s1. The van der Waals surface area contributed by atoms with E-state index in [-0.39, 0.29) is 12.0 Å². The molecular formula is C16H28O7. The molecule has 4 N–H and O–H groups in total. The highest BCUT2D eigenvalue weighted by Crippen LogP contribution is 2.37. The summed E-state index contributed by atoms with van der Waals surface area (Å²) in [7, 11) is 0. The normalized spacial score (nSPS) is 45.2. The van der Waals surface area contributed by atoms with Gasteiger partial charge >= 0.3 is 5.97 Å². The summed E-state index contributed by atoms with van der Waals surface area (Å²) in [6.07, 6.45) is -4.92. The highest BCUT2D eigenvalue weighted by Gasteiger charge is 2.48. The summed E-state index contributed by atoms with van der Waals surface area (Å²) in [5.74, 6) is -0.246. The molecule has 23 heavy (non-hydrogen) atoms. The number of hydrogen-bond acceptors (Lipinski definition) is 6. The molecule has 1 aliphatic carbocycles. The van der Waals surface area contributed by atoms with Crippen LogP contribution in [0.3, 0.4) is 0 Å². The van der Waals surface area contributed by atoms with E-state index >= 15 is 0 Å². The highest BCUT2D eigenvalue weighted by atomic mass is 16.7. The van der Waals surface area contributed by atoms with Crippen LogP contribution in [-0.2, 0) is 14.3 Å². The Morgan fingerprint density at radius 1 is 1.13 bits per heavy atom. The van der Waals surface area contributed by atoms with E-state index in [9.17, 15) is 20.1 Å². The van der Waals surface area contributed by atoms with Crippen molar-refractivity contribution in [2.24, 2.45) is 17.8 Å². The van der Waals surface area contributed by atoms with Gasteiger partial charge in [0.2, 0.25) is 0 Å². The molecule has 7 nitrogen and oxygen atoms in total. The molecule has 0 radical (unpaired) electrons. The van der Waals surface area contributed by atoms with Crippen LogP contribution in [0.1, 0.15) is 40.0 Å². The topological polar surface area (TPSA) is 116 Å². The van der Waals surface area contributed by atoms with Crippen molar-refractivity contribution in [3.05, 3.63) is 0 Å². The van der Waals surface area contributed by atoms with Gasteiger partial charge in [-0.25, -0.2) is 4.79 Å². The molecule has 0 amide bonds. The van der Waals surface area contributed by atoms with Crippen molar-refractivity contribution in [3.63, 3.8) is 0 Å². The lowest BCUT2D eigenvalue weighted by atomic mass is 9.75. The maximum atomic E-state index is 11.1. The molecule has 1 saturated carbocycles. The summed E-state index contributed by atoms with van der Waals surface area (Å²) in [5, 5.41) is 38.7. The molecule has 134 valence electrons. The maximum absolute atomic E-state index is 11.1. The minimum atomic E-state index is -1.69. The van der Waals surface area contributed by atoms with Crippen molar-refractivity contribution in [1.29, 1.82) is 0 Å². The Kier molecular flexibility index (Phi) is 6.02. The summed E-state index contributed by atoms with van der Waals surface area (Å²) in [6, 6.07) is 0. The van der Waals surface area contributed by atoms with Crippen LogP contribution in [0.5, 0.6) is 0 Å². The molecule has 0 aromatic carbocycles. The van der Waals surface area contributed by atoms with Crippen molar-refractivity contribution in [1.82, 2.24) is 0 Å². The second kappa shape index (κ2) is 7.44. The van der Waals surface area contributed by atoms with E-state index < -0.39 is 36.7 Å². The van der Waals surface area contributed by atoms with Gasteiger partial charge in [-0.15, -0.1) is 0 Å². The second-order valence-electron chi connectivity index (χ2n) is 7.24. The van der Waals surface area contributed by atoms with Crippen LogP contribution in [0, 0.1) is 17.8 Å². The van der Waals surface area contributed by atoms with E-state index in [1.54, 1.807) is 0 Å². The molecule has 0 spiro atoms. The van der Waals surface area contributed by atoms with E-state index in [2.05, 4.69) is 20.8 Å². The van der Waals surface area contributed by atoms with Gasteiger partial charge in [-0.05, 0) is 30.6 Å². The van der Waals surface area contributed by atoms with Gasteiger partial charge in [0.1, 0.15) is 18.3 Å². The third-order valence-corrected chi connectivity index (χ3v) is 5.08. The SMILES string of the molecule is CC(C)[C@H]1CC[C@H](C)C[C@@H]1O[C@@H]1O[C@H](C(=O)O)[C@@H](O)[C@H](O)[C@H]1O. The first-order valence-electron chi connectivity index (χ1n) is 8.30. The smallest absolute Gasteiger partial charge is 0.335 e. The van der Waals surface area contributed by atoms with Crippen LogP contribution in [-0.4, -0.2) is 63.2 Å². The van der Waals surface area contributed by atoms with E-state index in [1.165, 1.54) is 0 Å². The summed E-state index contributed by atoms with van der Waals surface area (Å²) in [6.45, 7) is 6.34. The molecule has 2 fully saturated rings. The fourth-order valence-corrected chi connectivity index (χ4v) is 3.61. The first-order chi connectivity index (χ1) is 10.7. The molecule has 1 aliphatic heterocycles. The van der Waals surface area contributed by atoms with Gasteiger partial charge in [-0.2, -0.15) is 0 Å². The predicted octanol–water partition coefficient (Wildman–Crippen LogP) is 0.356. The Morgan fingerprint density at radius 3 is 2.35 bits per heavy atom. The monoisotopic (exact) mass is 332 g/mol. The number of ether oxygens (including phenoxy) is 2. The van der Waals surface area contributed by atoms with Crippen LogP contribution in [0.4, 0.5) is 0 Å². The molecule has 0 unspecified atom stereocenters. The molecule has 7 heteroatoms. The number of aliphatic hydroxyl groups excluding tert-OH is 3. The Hall–Kier alpha value is -0.730. The largest absolute Gasteiger partial charge is 0.479 e. The number of carboxylic acids is 1. The third-order valence-electron chi connectivity index (χ3n) is 5.08. The number of hydrogen-bond donors (Lipinski definition) is 4. The zero-order chi connectivity index (χ0) is 17.3. The Morgan fingerprint density at radius 2 is 1.78 bits per heavy atom. The fraction of sp³-hybridized carbons (Fsp3) is 0.938. The molecule has 8 atom stereocenters. The van der Waals surface area contributed by atoms with Crippen LogP contribution in [0.25, 0.3) is 0 Å². The van der Waals surface area contributed by atoms with Gasteiger partial charge in [-0.1, -0.05) is 27.2 Å². The number of aliphatic hydroxyl groups is 3. The minimum absolute atomic E-state index is 0.171. The summed E-state index contributed by atoms with van der Waals surface area (Å²) in [5.41, 5.74) is 0. The highest BCUT2D eigenvalue weighted by molar-refractivity contribution is 5.73. The molecule has 0 aromatic heterocycles. The average molecular weight is 332 g/mol. The zero-order valence-electron chi connectivity index (χ0n) is 13.8. The number of carbonyl (C=O) groups is 1. The predicted molar refractivity (Wildman–Crippen MR) is 80.5 cm³/mol. The first-order valence-corrected chi connectivity index (χ1v) is 8.30. The molecule has 0 aromatic rings. The van der Waals surface area contributed by atoms with Crippen molar-refractivity contribution < 1.29 is 34.7 Å². The van der Waals surface area contributed by atoms with E-state index in [0.29, 0.717) is 11.8 Å². The van der Waals surface area contributed by atoms with E-state index in [4.69, 9.17) is 14.6 Å². The lowest BCUT2D eigenvalue weighted by Gasteiger charge is -2.43. The fourth-order valence-electron chi connectivity index (χ4n) is 3.61. The Balaban J connectivity index is 2.11. The van der Waals surface area contributed by atoms with Crippen molar-refractivity contribution in [3.8, 4) is 0 Å². The number of carboxylic acid groups (broad SMARTS) is 1. The number of rotatable bonds is 4. The van der Waals surface area contributed by atoms with Crippen molar-refractivity contribution >= 4 is 5.97 Å². The lowest BCUT2D eigenvalue weighted by Crippen LogP contribution is -2.61. The average Bonchev–Trinajstić information content (AvgIpc) is 2.47. The molecule has 2 aliphatic rings. The van der Waals surface area contributed by atoms with Crippen molar-refractivity contribution in [2.45, 2.75) is 76.8 Å². The lowest BCUT2D eigenvalue weighted by molar-refractivity contribution is -0.311. The number of aliphatic carboxylic acids is 1. The van der Waals surface area contributed by atoms with Gasteiger partial charge in [0, 0.05) is 0 Å². The molecule has 1 heterocycles. The van der Waals surface area contributed by atoms with E-state index in [0.717, 1.165) is 19.3 Å². The Bertz CT molecular complexity index is 413. The van der Waals surface area contributed by atoms with Gasteiger partial charge in [-0.3, -0.25) is 0 Å². The van der Waals surface area contributed by atoms with E-state index in [1.807, 2.05) is 0 Å². The van der Waals surface area contributed by atoms with Crippen LogP contribution < -0.4 is 0 Å². The van der Waals surface area contributed by atoms with Crippen LogP contribution >= 0.6 is 0 Å². The molecule has 1 saturated heterocycles. The third kappa shape index (κ3) is 4.03. The summed E-state index contributed by atoms with van der Waals surface area (Å²) in [4.78, 5) is 11.1. The van der Waals surface area contributed by atoms with Gasteiger partial charge in [0.15, 0.2) is 12.4 Å². The van der Waals surface area contributed by atoms with Gasteiger partial charge < -0.3 is 29.9 Å². The Labute approximate surface area is 136 Å². The summed E-state index contributed by atoms with van der Waals surface area (Å²) < 4.78 is 11.1. The minimum Gasteiger partial charge on any atom is -0.479 e. The quantitative estimate of drug-likeness (QED) is 0.587. The van der Waals surface area contributed by atoms with Crippen LogP contribution in [0.2, 0.25) is 0 Å². The van der Waals surface area contributed by atoms with Gasteiger partial charge in [0.25, 0.3) is 0 Å². The molecular weight excluding hydrogens is 304 g/mol. The maximum Gasteiger partial charge on any atom is 0.335 e. The first kappa shape index (κ1) is 18.6. The summed E-state index contributed by atoms with van der Waals surface area (Å²) >= 11 is 0. The van der Waals surface area contributed by atoms with Crippen LogP contribution in [0.15, 0.2) is 0 Å². The van der Waals surface area contributed by atoms with Crippen molar-refractivity contribution in [2.75, 3.05) is 0 Å². The molecule has 0 bridgehead atoms. The molecule has 2 rings (SSSR count). The zero-order valence-corrected chi connectivity index (χ0v) is 13.8. The van der Waals surface area contributed by atoms with Gasteiger partial charge in [0.05, 0.1) is 6.10 Å². The second-order valence-corrected chi connectivity index (χ2v) is 7.24.